The van der Waals surface area contributed by atoms with Gasteiger partial charge in [0.25, 0.3) is 0 Å². The third-order valence-corrected chi connectivity index (χ3v) is 2.19. The number of hydrogen-bond donors (Lipinski definition) is 1. The zero-order valence-corrected chi connectivity index (χ0v) is 9.23. The summed E-state index contributed by atoms with van der Waals surface area (Å²) in [4.78, 5) is 17.8. The normalized spacial score (nSPS) is 9.24. The number of imidazole rings is 1. The van der Waals surface area contributed by atoms with Crippen LogP contribution in [0.1, 0.15) is 5.56 Å². The van der Waals surface area contributed by atoms with Crippen molar-refractivity contribution in [1.29, 1.82) is 0 Å². The first-order chi connectivity index (χ1) is 8.29. The molecule has 1 N–H and O–H groups in total. The van der Waals surface area contributed by atoms with Crippen molar-refractivity contribution in [1.82, 2.24) is 9.97 Å². The van der Waals surface area contributed by atoms with E-state index in [-0.39, 0.29) is 0 Å². The van der Waals surface area contributed by atoms with Gasteiger partial charge in [-0.2, -0.15) is 0 Å². The first-order valence-electron chi connectivity index (χ1n) is 4.98. The Hall–Kier alpha value is -2.54. The van der Waals surface area contributed by atoms with Gasteiger partial charge in [0.2, 0.25) is 0 Å². The summed E-state index contributed by atoms with van der Waals surface area (Å²) < 4.78 is 4.43. The van der Waals surface area contributed by atoms with Crippen LogP contribution >= 0.6 is 0 Å². The fraction of sp³-hybridized carbons (Fsp3) is 0.0769. The van der Waals surface area contributed by atoms with Gasteiger partial charge in [-0.1, -0.05) is 18.1 Å². The predicted octanol–water partition coefficient (Wildman–Crippen LogP) is 1.60. The van der Waals surface area contributed by atoms with Gasteiger partial charge in [0.15, 0.2) is 0 Å². The Morgan fingerprint density at radius 2 is 2.12 bits per heavy atom. The fourth-order valence-corrected chi connectivity index (χ4v) is 1.32. The molecule has 2 aromatic rings. The van der Waals surface area contributed by atoms with Crippen LogP contribution in [-0.2, 0) is 9.53 Å². The van der Waals surface area contributed by atoms with Crippen molar-refractivity contribution in [3.63, 3.8) is 0 Å². The van der Waals surface area contributed by atoms with E-state index in [1.807, 2.05) is 24.3 Å². The number of methoxy groups -OCH3 is 1. The highest BCUT2D eigenvalue weighted by Crippen LogP contribution is 2.15. The van der Waals surface area contributed by atoms with Crippen LogP contribution in [0.25, 0.3) is 11.3 Å². The molecule has 0 radical (unpaired) electrons. The predicted molar refractivity (Wildman–Crippen MR) is 62.9 cm³/mol. The van der Waals surface area contributed by atoms with E-state index in [1.165, 1.54) is 7.11 Å². The lowest BCUT2D eigenvalue weighted by Gasteiger charge is -1.96. The van der Waals surface area contributed by atoms with E-state index in [0.717, 1.165) is 16.8 Å². The number of aromatic amines is 1. The highest BCUT2D eigenvalue weighted by Gasteiger charge is 1.97. The number of H-pyrrole nitrogens is 1. The van der Waals surface area contributed by atoms with Gasteiger partial charge in [0.05, 0.1) is 25.3 Å². The number of carbonyl (C=O) groups is 1. The van der Waals surface area contributed by atoms with Gasteiger partial charge in [-0.05, 0) is 17.7 Å². The first-order valence-corrected chi connectivity index (χ1v) is 4.98. The van der Waals surface area contributed by atoms with E-state index in [9.17, 15) is 4.79 Å². The van der Waals surface area contributed by atoms with Crippen LogP contribution in [0.2, 0.25) is 0 Å². The quantitative estimate of drug-likeness (QED) is 0.593. The molecule has 4 heteroatoms. The summed E-state index contributed by atoms with van der Waals surface area (Å²) in [7, 11) is 1.30. The largest absolute Gasteiger partial charge is 0.459 e. The summed E-state index contributed by atoms with van der Waals surface area (Å²) in [5, 5.41) is 0. The second-order valence-corrected chi connectivity index (χ2v) is 3.28. The lowest BCUT2D eigenvalue weighted by Crippen LogP contribution is -1.94. The third kappa shape index (κ3) is 2.73. The van der Waals surface area contributed by atoms with Gasteiger partial charge in [0, 0.05) is 11.5 Å². The highest BCUT2D eigenvalue weighted by atomic mass is 16.5. The minimum absolute atomic E-state index is 0.539. The number of carbonyl (C=O) groups excluding carboxylic acids is 1. The van der Waals surface area contributed by atoms with E-state index in [4.69, 9.17) is 0 Å². The zero-order valence-electron chi connectivity index (χ0n) is 9.23. The molecular weight excluding hydrogens is 216 g/mol. The van der Waals surface area contributed by atoms with Crippen molar-refractivity contribution in [2.24, 2.45) is 0 Å². The second kappa shape index (κ2) is 4.99. The number of nitrogens with zero attached hydrogens (tertiary/aromatic N) is 1. The summed E-state index contributed by atoms with van der Waals surface area (Å²) >= 11 is 0. The molecule has 0 saturated carbocycles. The molecule has 4 nitrogen and oxygen atoms in total. The highest BCUT2D eigenvalue weighted by molar-refractivity contribution is 5.89. The van der Waals surface area contributed by atoms with Gasteiger partial charge in [-0.15, -0.1) is 0 Å². The van der Waals surface area contributed by atoms with Crippen LogP contribution in [0, 0.1) is 11.8 Å². The molecule has 0 aliphatic rings. The lowest BCUT2D eigenvalue weighted by atomic mass is 10.1. The van der Waals surface area contributed by atoms with Crippen LogP contribution in [0.3, 0.4) is 0 Å². The van der Waals surface area contributed by atoms with E-state index >= 15 is 0 Å². The van der Waals surface area contributed by atoms with Gasteiger partial charge >= 0.3 is 5.97 Å². The number of ether oxygens (including phenoxy) is 1. The maximum absolute atomic E-state index is 10.8. The maximum atomic E-state index is 10.8. The molecule has 0 atom stereocenters. The van der Waals surface area contributed by atoms with Gasteiger partial charge in [-0.3, -0.25) is 0 Å². The lowest BCUT2D eigenvalue weighted by molar-refractivity contribution is -0.133. The molecule has 0 spiro atoms. The Kier molecular flexibility index (Phi) is 3.22. The Morgan fingerprint density at radius 3 is 2.71 bits per heavy atom. The molecule has 0 fully saturated rings. The standard InChI is InChI=1S/C13H10N2O2/c1-17-13(16)7-4-10-2-5-11(6-3-10)12-8-14-9-15-12/h2-3,5-6,8-9H,1H3,(H,14,15). The van der Waals surface area contributed by atoms with E-state index in [0.29, 0.717) is 0 Å². The molecule has 2 rings (SSSR count). The summed E-state index contributed by atoms with van der Waals surface area (Å²) in [5.41, 5.74) is 2.72. The number of rotatable bonds is 1. The molecule has 0 aliphatic carbocycles. The topological polar surface area (TPSA) is 55.0 Å². The molecule has 1 aromatic heterocycles. The minimum atomic E-state index is -0.539. The summed E-state index contributed by atoms with van der Waals surface area (Å²) in [6.45, 7) is 0. The molecule has 17 heavy (non-hydrogen) atoms. The average molecular weight is 226 g/mol. The third-order valence-electron chi connectivity index (χ3n) is 2.19. The number of nitrogens with one attached hydrogen (secondary N) is 1. The van der Waals surface area contributed by atoms with Crippen molar-refractivity contribution < 1.29 is 9.53 Å². The maximum Gasteiger partial charge on any atom is 0.384 e. The Labute approximate surface area is 98.7 Å². The Bertz CT molecular complexity index is 560. The Morgan fingerprint density at radius 1 is 1.35 bits per heavy atom. The van der Waals surface area contributed by atoms with Crippen molar-refractivity contribution >= 4 is 5.97 Å². The molecule has 0 unspecified atom stereocenters. The average Bonchev–Trinajstić information content (AvgIpc) is 2.90. The number of benzene rings is 1. The van der Waals surface area contributed by atoms with E-state index in [1.54, 1.807) is 12.5 Å². The van der Waals surface area contributed by atoms with E-state index < -0.39 is 5.97 Å². The molecule has 0 bridgehead atoms. The number of esters is 1. The molecule has 0 saturated heterocycles. The van der Waals surface area contributed by atoms with Crippen molar-refractivity contribution in [2.45, 2.75) is 0 Å². The zero-order chi connectivity index (χ0) is 12.1. The van der Waals surface area contributed by atoms with E-state index in [2.05, 4.69) is 26.5 Å². The van der Waals surface area contributed by atoms with Crippen molar-refractivity contribution in [2.75, 3.05) is 7.11 Å². The SMILES string of the molecule is COC(=O)C#Cc1ccc(-c2cnc[nH]2)cc1. The van der Waals surface area contributed by atoms with Crippen molar-refractivity contribution in [3.8, 4) is 23.1 Å². The summed E-state index contributed by atoms with van der Waals surface area (Å²) in [6.07, 6.45) is 3.37. The van der Waals surface area contributed by atoms with Gasteiger partial charge in [0.1, 0.15) is 0 Å². The molecule has 84 valence electrons. The first kappa shape index (κ1) is 11.0. The van der Waals surface area contributed by atoms with Crippen LogP contribution in [-0.4, -0.2) is 23.0 Å². The van der Waals surface area contributed by atoms with Gasteiger partial charge < -0.3 is 9.72 Å². The molecule has 0 aliphatic heterocycles. The second-order valence-electron chi connectivity index (χ2n) is 3.28. The molecule has 1 heterocycles. The molecule has 1 aromatic carbocycles. The smallest absolute Gasteiger partial charge is 0.384 e. The number of aromatic nitrogens is 2. The minimum Gasteiger partial charge on any atom is -0.459 e. The summed E-state index contributed by atoms with van der Waals surface area (Å²) in [6, 6.07) is 7.50. The van der Waals surface area contributed by atoms with Gasteiger partial charge in [-0.25, -0.2) is 9.78 Å². The monoisotopic (exact) mass is 226 g/mol. The molecule has 0 amide bonds. The van der Waals surface area contributed by atoms with Crippen molar-refractivity contribution in [3.05, 3.63) is 42.4 Å². The molecular formula is C13H10N2O2. The Balaban J connectivity index is 2.18. The van der Waals surface area contributed by atoms with Crippen LogP contribution in [0.4, 0.5) is 0 Å². The van der Waals surface area contributed by atoms with Crippen LogP contribution in [0.15, 0.2) is 36.8 Å². The summed E-state index contributed by atoms with van der Waals surface area (Å²) in [5.74, 6) is 4.55. The fourth-order valence-electron chi connectivity index (χ4n) is 1.32. The van der Waals surface area contributed by atoms with Crippen LogP contribution < -0.4 is 0 Å². The van der Waals surface area contributed by atoms with Crippen LogP contribution in [0.5, 0.6) is 0 Å². The number of hydrogen-bond acceptors (Lipinski definition) is 3.